The molecule has 1 aliphatic rings. The van der Waals surface area contributed by atoms with E-state index < -0.39 is 21.9 Å². The molecular formula is C27H26N2O7S. The van der Waals surface area contributed by atoms with Crippen molar-refractivity contribution in [3.63, 3.8) is 0 Å². The summed E-state index contributed by atoms with van der Waals surface area (Å²) in [6.07, 6.45) is 1.44. The van der Waals surface area contributed by atoms with E-state index >= 15 is 0 Å². The highest BCUT2D eigenvalue weighted by Crippen LogP contribution is 2.36. The second-order valence-corrected chi connectivity index (χ2v) is 10.1. The highest BCUT2D eigenvalue weighted by atomic mass is 32.2. The van der Waals surface area contributed by atoms with Crippen molar-refractivity contribution in [1.82, 2.24) is 4.72 Å². The molecule has 192 valence electrons. The molecule has 9 nitrogen and oxygen atoms in total. The molecule has 0 atom stereocenters. The number of esters is 1. The number of anilines is 1. The minimum atomic E-state index is -3.74. The number of aryl methyl sites for hydroxylation is 1. The van der Waals surface area contributed by atoms with Gasteiger partial charge >= 0.3 is 5.97 Å². The van der Waals surface area contributed by atoms with E-state index in [2.05, 4.69) is 4.72 Å². The summed E-state index contributed by atoms with van der Waals surface area (Å²) in [7, 11) is -0.974. The van der Waals surface area contributed by atoms with Gasteiger partial charge in [-0.25, -0.2) is 17.9 Å². The molecule has 2 heterocycles. The van der Waals surface area contributed by atoms with Crippen molar-refractivity contribution >= 4 is 33.7 Å². The number of rotatable bonds is 8. The van der Waals surface area contributed by atoms with Crippen LogP contribution in [0.1, 0.15) is 24.0 Å². The van der Waals surface area contributed by atoms with Gasteiger partial charge in [0.2, 0.25) is 10.0 Å². The number of furan rings is 1. The van der Waals surface area contributed by atoms with E-state index in [1.807, 2.05) is 6.92 Å². The minimum absolute atomic E-state index is 0.0910. The van der Waals surface area contributed by atoms with Crippen LogP contribution in [0.25, 0.3) is 6.08 Å². The number of ether oxygens (including phenoxy) is 2. The fourth-order valence-corrected chi connectivity index (χ4v) is 4.91. The van der Waals surface area contributed by atoms with Crippen LogP contribution in [0.4, 0.5) is 5.69 Å². The smallest absolute Gasteiger partial charge is 0.340 e. The summed E-state index contributed by atoms with van der Waals surface area (Å²) in [5.41, 5.74) is 2.07. The van der Waals surface area contributed by atoms with Gasteiger partial charge in [-0.3, -0.25) is 9.69 Å². The van der Waals surface area contributed by atoms with E-state index in [-0.39, 0.29) is 28.3 Å². The van der Waals surface area contributed by atoms with Gasteiger partial charge in [-0.1, -0.05) is 23.8 Å². The molecule has 0 saturated heterocycles. The predicted molar refractivity (Wildman–Crippen MR) is 137 cm³/mol. The van der Waals surface area contributed by atoms with Crippen LogP contribution in [-0.4, -0.2) is 34.5 Å². The molecule has 37 heavy (non-hydrogen) atoms. The fraction of sp³-hybridized carbons (Fsp3) is 0.185. The first-order valence-electron chi connectivity index (χ1n) is 11.3. The maximum Gasteiger partial charge on any atom is 0.340 e. The first-order chi connectivity index (χ1) is 17.6. The van der Waals surface area contributed by atoms with E-state index in [0.29, 0.717) is 22.9 Å². The zero-order valence-electron chi connectivity index (χ0n) is 20.8. The predicted octanol–water partition coefficient (Wildman–Crippen LogP) is 3.95. The molecule has 1 aromatic heterocycles. The third-order valence-electron chi connectivity index (χ3n) is 5.84. The second kappa shape index (κ2) is 10.5. The van der Waals surface area contributed by atoms with E-state index in [1.54, 1.807) is 55.5 Å². The molecule has 10 heteroatoms. The zero-order valence-corrected chi connectivity index (χ0v) is 21.6. The van der Waals surface area contributed by atoms with Crippen molar-refractivity contribution in [2.24, 2.45) is 0 Å². The number of hydrogen-bond donors (Lipinski definition) is 1. The van der Waals surface area contributed by atoms with Gasteiger partial charge in [-0.2, -0.15) is 0 Å². The normalized spacial score (nSPS) is 15.0. The van der Waals surface area contributed by atoms with Crippen molar-refractivity contribution in [2.75, 3.05) is 19.1 Å². The number of amides is 1. The number of carbonyl (C=O) groups excluding carboxylic acids is 2. The number of sulfonamides is 1. The van der Waals surface area contributed by atoms with Crippen molar-refractivity contribution < 1.29 is 31.9 Å². The average molecular weight is 523 g/mol. The Morgan fingerprint density at radius 2 is 1.78 bits per heavy atom. The molecule has 1 amide bonds. The third-order valence-corrected chi connectivity index (χ3v) is 7.25. The summed E-state index contributed by atoms with van der Waals surface area (Å²) in [5.74, 6) is 0.0516. The van der Waals surface area contributed by atoms with E-state index in [4.69, 9.17) is 13.9 Å². The number of carbonyl (C=O) groups is 2. The van der Waals surface area contributed by atoms with Gasteiger partial charge in [0, 0.05) is 11.8 Å². The Labute approximate surface area is 215 Å². The molecule has 4 rings (SSSR count). The summed E-state index contributed by atoms with van der Waals surface area (Å²) >= 11 is 0. The van der Waals surface area contributed by atoms with Gasteiger partial charge < -0.3 is 13.9 Å². The summed E-state index contributed by atoms with van der Waals surface area (Å²) in [6, 6.07) is 16.6. The van der Waals surface area contributed by atoms with E-state index in [0.717, 1.165) is 5.56 Å². The molecule has 2 aromatic carbocycles. The number of benzene rings is 2. The Bertz CT molecular complexity index is 1520. The van der Waals surface area contributed by atoms with Crippen LogP contribution in [0.3, 0.4) is 0 Å². The van der Waals surface area contributed by atoms with Crippen molar-refractivity contribution in [3.8, 4) is 5.75 Å². The van der Waals surface area contributed by atoms with Crippen LogP contribution in [0.2, 0.25) is 0 Å². The first-order valence-corrected chi connectivity index (χ1v) is 12.8. The quantitative estimate of drug-likeness (QED) is 0.352. The summed E-state index contributed by atoms with van der Waals surface area (Å²) < 4.78 is 43.6. The monoisotopic (exact) mass is 522 g/mol. The SMILES string of the molecule is COC(=O)C1=C(C)N(c2cccc(OC)c2)C(=O)/C1=C/c1ccc(CNS(=O)(=O)c2ccc(C)cc2)o1. The number of nitrogens with zero attached hydrogens (tertiary/aromatic N) is 1. The van der Waals surface area contributed by atoms with Crippen molar-refractivity contribution in [2.45, 2.75) is 25.3 Å². The van der Waals surface area contributed by atoms with Gasteiger partial charge in [0.15, 0.2) is 0 Å². The summed E-state index contributed by atoms with van der Waals surface area (Å²) in [5, 5.41) is 0. The largest absolute Gasteiger partial charge is 0.497 e. The van der Waals surface area contributed by atoms with E-state index in [9.17, 15) is 18.0 Å². The fourth-order valence-electron chi connectivity index (χ4n) is 3.92. The van der Waals surface area contributed by atoms with Gasteiger partial charge in [0.1, 0.15) is 17.3 Å². The maximum atomic E-state index is 13.4. The third kappa shape index (κ3) is 5.35. The number of nitrogens with one attached hydrogen (secondary N) is 1. The lowest BCUT2D eigenvalue weighted by molar-refractivity contribution is -0.136. The molecule has 0 bridgehead atoms. The van der Waals surface area contributed by atoms with E-state index in [1.165, 1.54) is 37.3 Å². The lowest BCUT2D eigenvalue weighted by Crippen LogP contribution is -2.24. The number of methoxy groups -OCH3 is 2. The Kier molecular flexibility index (Phi) is 7.33. The Morgan fingerprint density at radius 3 is 2.46 bits per heavy atom. The molecule has 0 spiro atoms. The Balaban J connectivity index is 1.60. The Hall–Kier alpha value is -4.15. The van der Waals surface area contributed by atoms with Crippen LogP contribution >= 0.6 is 0 Å². The van der Waals surface area contributed by atoms with Gasteiger partial charge in [-0.05, 0) is 56.3 Å². The average Bonchev–Trinajstić information content (AvgIpc) is 3.44. The molecule has 0 saturated carbocycles. The lowest BCUT2D eigenvalue weighted by Gasteiger charge is -2.18. The maximum absolute atomic E-state index is 13.4. The minimum Gasteiger partial charge on any atom is -0.497 e. The van der Waals surface area contributed by atoms with Crippen LogP contribution in [0, 0.1) is 6.92 Å². The molecule has 1 aliphatic heterocycles. The highest BCUT2D eigenvalue weighted by molar-refractivity contribution is 7.89. The van der Waals surface area contributed by atoms with Gasteiger partial charge in [0.05, 0.1) is 42.5 Å². The summed E-state index contributed by atoms with van der Waals surface area (Å²) in [4.78, 5) is 27.6. The van der Waals surface area contributed by atoms with Crippen LogP contribution in [0.5, 0.6) is 5.75 Å². The summed E-state index contributed by atoms with van der Waals surface area (Å²) in [6.45, 7) is 3.43. The van der Waals surface area contributed by atoms with Gasteiger partial charge in [0.25, 0.3) is 5.91 Å². The number of hydrogen-bond acceptors (Lipinski definition) is 7. The van der Waals surface area contributed by atoms with Crippen LogP contribution < -0.4 is 14.4 Å². The van der Waals surface area contributed by atoms with Crippen LogP contribution in [-0.2, 0) is 30.9 Å². The van der Waals surface area contributed by atoms with Gasteiger partial charge in [-0.15, -0.1) is 0 Å². The number of allylic oxidation sites excluding steroid dienone is 1. The molecule has 0 radical (unpaired) electrons. The highest BCUT2D eigenvalue weighted by Gasteiger charge is 2.38. The standard InChI is InChI=1S/C27H26N2O7S/c1-17-8-12-23(13-9-17)37(32,33)28-16-22-11-10-21(36-22)15-24-25(27(31)35-4)18(2)29(26(24)30)19-6-5-7-20(14-19)34-3/h5-15,28H,16H2,1-4H3/b24-15+. The molecule has 0 unspecified atom stereocenters. The topological polar surface area (TPSA) is 115 Å². The van der Waals surface area contributed by atoms with Crippen LogP contribution in [0.15, 0.2) is 86.8 Å². The molecular weight excluding hydrogens is 496 g/mol. The first kappa shape index (κ1) is 25.9. The molecule has 1 N–H and O–H groups in total. The lowest BCUT2D eigenvalue weighted by atomic mass is 10.1. The second-order valence-electron chi connectivity index (χ2n) is 8.29. The van der Waals surface area contributed by atoms with Crippen molar-refractivity contribution in [3.05, 3.63) is 94.6 Å². The Morgan fingerprint density at radius 1 is 1.05 bits per heavy atom. The zero-order chi connectivity index (χ0) is 26.7. The molecule has 3 aromatic rings. The molecule has 0 fully saturated rings. The van der Waals surface area contributed by atoms with Crippen molar-refractivity contribution in [1.29, 1.82) is 0 Å². The molecule has 0 aliphatic carbocycles.